The molecule has 1 aromatic carbocycles. The van der Waals surface area contributed by atoms with Crippen LogP contribution in [0.15, 0.2) is 30.3 Å². The van der Waals surface area contributed by atoms with Gasteiger partial charge in [-0.1, -0.05) is 30.3 Å². The lowest BCUT2D eigenvalue weighted by atomic mass is 9.86. The van der Waals surface area contributed by atoms with Gasteiger partial charge >= 0.3 is 0 Å². The standard InChI is InChI=1S/C14H20N2O/c17-14(10-15-11-14)13-7-4-8-16(13)9-12-5-2-1-3-6-12/h1-3,5-6,13,15,17H,4,7-11H2. The summed E-state index contributed by atoms with van der Waals surface area (Å²) in [6.07, 6.45) is 2.34. The highest BCUT2D eigenvalue weighted by molar-refractivity contribution is 5.16. The number of aliphatic hydroxyl groups is 1. The second kappa shape index (κ2) is 4.41. The van der Waals surface area contributed by atoms with Gasteiger partial charge in [0.15, 0.2) is 0 Å². The Kier molecular flexibility index (Phi) is 2.90. The highest BCUT2D eigenvalue weighted by Gasteiger charge is 2.46. The van der Waals surface area contributed by atoms with Crippen molar-refractivity contribution < 1.29 is 5.11 Å². The van der Waals surface area contributed by atoms with E-state index in [4.69, 9.17) is 0 Å². The van der Waals surface area contributed by atoms with E-state index in [1.54, 1.807) is 0 Å². The number of β-amino-alcohol motifs (C(OH)–C–C–N with tert-alkyl or cyclic N) is 1. The SMILES string of the molecule is OC1(C2CCCN2Cc2ccccc2)CNC1. The molecule has 3 rings (SSSR count). The molecule has 1 aromatic rings. The normalized spacial score (nSPS) is 27.9. The Labute approximate surface area is 102 Å². The number of nitrogens with zero attached hydrogens (tertiary/aromatic N) is 1. The third-order valence-corrected chi connectivity index (χ3v) is 4.07. The van der Waals surface area contributed by atoms with Crippen LogP contribution in [-0.4, -0.2) is 41.3 Å². The molecule has 0 spiro atoms. The van der Waals surface area contributed by atoms with Gasteiger partial charge in [0.05, 0.1) is 0 Å². The first-order valence-electron chi connectivity index (χ1n) is 6.49. The van der Waals surface area contributed by atoms with Gasteiger partial charge in [-0.2, -0.15) is 0 Å². The number of hydrogen-bond donors (Lipinski definition) is 2. The van der Waals surface area contributed by atoms with Gasteiger partial charge in [-0.25, -0.2) is 0 Å². The molecule has 0 aliphatic carbocycles. The molecule has 2 aliphatic heterocycles. The molecule has 0 radical (unpaired) electrons. The smallest absolute Gasteiger partial charge is 0.105 e. The number of likely N-dealkylation sites (tertiary alicyclic amines) is 1. The minimum Gasteiger partial charge on any atom is -0.386 e. The maximum Gasteiger partial charge on any atom is 0.105 e. The van der Waals surface area contributed by atoms with Crippen molar-refractivity contribution in [2.75, 3.05) is 19.6 Å². The predicted molar refractivity (Wildman–Crippen MR) is 67.7 cm³/mol. The van der Waals surface area contributed by atoms with Crippen LogP contribution >= 0.6 is 0 Å². The monoisotopic (exact) mass is 232 g/mol. The van der Waals surface area contributed by atoms with Crippen molar-refractivity contribution in [3.63, 3.8) is 0 Å². The molecule has 17 heavy (non-hydrogen) atoms. The molecular weight excluding hydrogens is 212 g/mol. The molecule has 0 saturated carbocycles. The molecule has 1 unspecified atom stereocenters. The molecule has 2 saturated heterocycles. The molecule has 0 aromatic heterocycles. The first-order valence-corrected chi connectivity index (χ1v) is 6.49. The van der Waals surface area contributed by atoms with E-state index in [-0.39, 0.29) is 0 Å². The molecule has 2 heterocycles. The molecule has 3 heteroatoms. The van der Waals surface area contributed by atoms with E-state index < -0.39 is 5.60 Å². The summed E-state index contributed by atoms with van der Waals surface area (Å²) in [6.45, 7) is 3.58. The molecule has 2 N–H and O–H groups in total. The van der Waals surface area contributed by atoms with Crippen molar-refractivity contribution in [3.05, 3.63) is 35.9 Å². The highest BCUT2D eigenvalue weighted by Crippen LogP contribution is 2.30. The summed E-state index contributed by atoms with van der Waals surface area (Å²) in [5, 5.41) is 13.6. The molecule has 92 valence electrons. The molecule has 2 fully saturated rings. The fraction of sp³-hybridized carbons (Fsp3) is 0.571. The highest BCUT2D eigenvalue weighted by atomic mass is 16.3. The first kappa shape index (κ1) is 11.2. The van der Waals surface area contributed by atoms with Crippen LogP contribution in [0, 0.1) is 0 Å². The van der Waals surface area contributed by atoms with Crippen molar-refractivity contribution >= 4 is 0 Å². The maximum atomic E-state index is 10.5. The molecular formula is C14H20N2O. The Balaban J connectivity index is 1.70. The Morgan fingerprint density at radius 2 is 2.06 bits per heavy atom. The Morgan fingerprint density at radius 3 is 2.71 bits per heavy atom. The van der Waals surface area contributed by atoms with Gasteiger partial charge in [-0.05, 0) is 24.9 Å². The van der Waals surface area contributed by atoms with Crippen LogP contribution in [0.1, 0.15) is 18.4 Å². The summed E-state index contributed by atoms with van der Waals surface area (Å²) < 4.78 is 0. The van der Waals surface area contributed by atoms with Gasteiger partial charge < -0.3 is 10.4 Å². The van der Waals surface area contributed by atoms with Crippen LogP contribution in [0.4, 0.5) is 0 Å². The van der Waals surface area contributed by atoms with Gasteiger partial charge in [0.2, 0.25) is 0 Å². The quantitative estimate of drug-likeness (QED) is 0.815. The third-order valence-electron chi connectivity index (χ3n) is 4.07. The van der Waals surface area contributed by atoms with Crippen LogP contribution < -0.4 is 5.32 Å². The minimum atomic E-state index is -0.481. The summed E-state index contributed by atoms with van der Waals surface area (Å²) in [5.41, 5.74) is 0.862. The van der Waals surface area contributed by atoms with Crippen molar-refractivity contribution in [2.24, 2.45) is 0 Å². The van der Waals surface area contributed by atoms with E-state index in [1.165, 1.54) is 12.0 Å². The summed E-state index contributed by atoms with van der Waals surface area (Å²) >= 11 is 0. The zero-order valence-corrected chi connectivity index (χ0v) is 10.1. The molecule has 1 atom stereocenters. The first-order chi connectivity index (χ1) is 8.28. The average molecular weight is 232 g/mol. The zero-order valence-electron chi connectivity index (χ0n) is 10.1. The second-order valence-corrected chi connectivity index (χ2v) is 5.32. The van der Waals surface area contributed by atoms with Crippen LogP contribution in [0.2, 0.25) is 0 Å². The van der Waals surface area contributed by atoms with Gasteiger partial charge in [0.25, 0.3) is 0 Å². The average Bonchev–Trinajstić information content (AvgIpc) is 2.76. The number of nitrogens with one attached hydrogen (secondary N) is 1. The second-order valence-electron chi connectivity index (χ2n) is 5.32. The number of rotatable bonds is 3. The van der Waals surface area contributed by atoms with E-state index in [0.717, 1.165) is 32.6 Å². The minimum absolute atomic E-state index is 0.337. The summed E-state index contributed by atoms with van der Waals surface area (Å²) in [6, 6.07) is 10.9. The third kappa shape index (κ3) is 2.10. The van der Waals surface area contributed by atoms with E-state index in [0.29, 0.717) is 6.04 Å². The fourth-order valence-electron chi connectivity index (χ4n) is 3.06. The van der Waals surface area contributed by atoms with Crippen molar-refractivity contribution in [1.29, 1.82) is 0 Å². The van der Waals surface area contributed by atoms with Crippen LogP contribution in [0.25, 0.3) is 0 Å². The van der Waals surface area contributed by atoms with Gasteiger partial charge in [0, 0.05) is 25.7 Å². The summed E-state index contributed by atoms with van der Waals surface area (Å²) in [7, 11) is 0. The largest absolute Gasteiger partial charge is 0.386 e. The zero-order chi connectivity index (χ0) is 11.7. The van der Waals surface area contributed by atoms with Crippen LogP contribution in [0.3, 0.4) is 0 Å². The van der Waals surface area contributed by atoms with Gasteiger partial charge in [-0.15, -0.1) is 0 Å². The number of hydrogen-bond acceptors (Lipinski definition) is 3. The molecule has 0 amide bonds. The summed E-state index contributed by atoms with van der Waals surface area (Å²) in [4.78, 5) is 2.44. The summed E-state index contributed by atoms with van der Waals surface area (Å²) in [5.74, 6) is 0. The topological polar surface area (TPSA) is 35.5 Å². The van der Waals surface area contributed by atoms with Crippen molar-refractivity contribution in [2.45, 2.75) is 31.0 Å². The molecule has 3 nitrogen and oxygen atoms in total. The Bertz CT molecular complexity index is 375. The predicted octanol–water partition coefficient (Wildman–Crippen LogP) is 0.985. The molecule has 0 bridgehead atoms. The van der Waals surface area contributed by atoms with Gasteiger partial charge in [-0.3, -0.25) is 4.90 Å². The van der Waals surface area contributed by atoms with Crippen LogP contribution in [0.5, 0.6) is 0 Å². The lowest BCUT2D eigenvalue weighted by Crippen LogP contribution is -2.68. The van der Waals surface area contributed by atoms with Crippen molar-refractivity contribution in [3.8, 4) is 0 Å². The number of benzene rings is 1. The van der Waals surface area contributed by atoms with E-state index >= 15 is 0 Å². The van der Waals surface area contributed by atoms with Crippen molar-refractivity contribution in [1.82, 2.24) is 10.2 Å². The fourth-order valence-corrected chi connectivity index (χ4v) is 3.06. The lowest BCUT2D eigenvalue weighted by Gasteiger charge is -2.45. The van der Waals surface area contributed by atoms with E-state index in [9.17, 15) is 5.11 Å². The lowest BCUT2D eigenvalue weighted by molar-refractivity contribution is -0.0729. The molecule has 2 aliphatic rings. The van der Waals surface area contributed by atoms with Gasteiger partial charge in [0.1, 0.15) is 5.60 Å². The maximum absolute atomic E-state index is 10.5. The Morgan fingerprint density at radius 1 is 1.29 bits per heavy atom. The van der Waals surface area contributed by atoms with E-state index in [1.807, 2.05) is 6.07 Å². The Hall–Kier alpha value is -0.900. The van der Waals surface area contributed by atoms with E-state index in [2.05, 4.69) is 34.5 Å². The van der Waals surface area contributed by atoms with Crippen LogP contribution in [-0.2, 0) is 6.54 Å².